The molecule has 0 aliphatic carbocycles. The number of aromatic nitrogens is 2. The lowest BCUT2D eigenvalue weighted by molar-refractivity contribution is 0.275. The third kappa shape index (κ3) is 3.76. The number of hydrogen-bond donors (Lipinski definition) is 1. The largest absolute Gasteiger partial charge is 0.493 e. The minimum absolute atomic E-state index is 0.464. The van der Waals surface area contributed by atoms with E-state index in [4.69, 9.17) is 15.2 Å². The van der Waals surface area contributed by atoms with Crippen LogP contribution in [0.15, 0.2) is 24.3 Å². The van der Waals surface area contributed by atoms with Gasteiger partial charge in [-0.15, -0.1) is 0 Å². The molecule has 0 saturated carbocycles. The molecular weight excluding hydrogens is 266 g/mol. The third-order valence-corrected chi connectivity index (χ3v) is 3.43. The van der Waals surface area contributed by atoms with Crippen LogP contribution in [0.2, 0.25) is 0 Å². The van der Waals surface area contributed by atoms with Crippen molar-refractivity contribution in [2.75, 3.05) is 13.7 Å². The minimum Gasteiger partial charge on any atom is -0.493 e. The van der Waals surface area contributed by atoms with Crippen molar-refractivity contribution in [1.82, 2.24) is 9.78 Å². The molecule has 0 unspecified atom stereocenters. The second-order valence-electron chi connectivity index (χ2n) is 4.92. The van der Waals surface area contributed by atoms with Crippen molar-refractivity contribution in [3.63, 3.8) is 0 Å². The molecule has 2 aromatic rings. The number of hydrogen-bond acceptors (Lipinski definition) is 4. The van der Waals surface area contributed by atoms with Gasteiger partial charge in [0.25, 0.3) is 0 Å². The van der Waals surface area contributed by atoms with Crippen molar-refractivity contribution >= 4 is 0 Å². The molecule has 1 heterocycles. The fourth-order valence-electron chi connectivity index (χ4n) is 2.19. The van der Waals surface area contributed by atoms with E-state index in [1.807, 2.05) is 29.9 Å². The highest BCUT2D eigenvalue weighted by Crippen LogP contribution is 2.29. The Kier molecular flexibility index (Phi) is 5.22. The van der Waals surface area contributed by atoms with E-state index in [9.17, 15) is 0 Å². The summed E-state index contributed by atoms with van der Waals surface area (Å²) < 4.78 is 13.1. The standard InChI is InChI=1S/C16H23N3O2/c1-4-13-10-14(19(2)18-13)11-21-16-9-12(7-8-17)5-6-15(16)20-3/h5-6,9-10H,4,7-8,11,17H2,1-3H3. The van der Waals surface area contributed by atoms with Gasteiger partial charge in [-0.05, 0) is 43.1 Å². The van der Waals surface area contributed by atoms with E-state index >= 15 is 0 Å². The van der Waals surface area contributed by atoms with Crippen LogP contribution in [0.25, 0.3) is 0 Å². The molecule has 0 atom stereocenters. The third-order valence-electron chi connectivity index (χ3n) is 3.43. The van der Waals surface area contributed by atoms with Gasteiger partial charge in [0.1, 0.15) is 6.61 Å². The number of ether oxygens (including phenoxy) is 2. The van der Waals surface area contributed by atoms with Crippen LogP contribution < -0.4 is 15.2 Å². The van der Waals surface area contributed by atoms with E-state index in [1.165, 1.54) is 0 Å². The SMILES string of the molecule is CCc1cc(COc2cc(CCN)ccc2OC)n(C)n1. The van der Waals surface area contributed by atoms with Gasteiger partial charge in [-0.3, -0.25) is 4.68 Å². The lowest BCUT2D eigenvalue weighted by atomic mass is 10.1. The van der Waals surface area contributed by atoms with Crippen molar-refractivity contribution in [2.24, 2.45) is 12.8 Å². The predicted octanol–water partition coefficient (Wildman–Crippen LogP) is 2.07. The molecule has 0 bridgehead atoms. The first-order chi connectivity index (χ1) is 10.2. The van der Waals surface area contributed by atoms with Crippen molar-refractivity contribution in [2.45, 2.75) is 26.4 Å². The molecule has 2 N–H and O–H groups in total. The fourth-order valence-corrected chi connectivity index (χ4v) is 2.19. The summed E-state index contributed by atoms with van der Waals surface area (Å²) in [6.07, 6.45) is 1.75. The highest BCUT2D eigenvalue weighted by Gasteiger charge is 2.09. The molecule has 114 valence electrons. The number of benzene rings is 1. The molecule has 21 heavy (non-hydrogen) atoms. The van der Waals surface area contributed by atoms with Gasteiger partial charge in [-0.25, -0.2) is 0 Å². The van der Waals surface area contributed by atoms with Crippen molar-refractivity contribution in [3.05, 3.63) is 41.2 Å². The number of aryl methyl sites for hydroxylation is 2. The Hall–Kier alpha value is -2.01. The summed E-state index contributed by atoms with van der Waals surface area (Å²) in [4.78, 5) is 0. The summed E-state index contributed by atoms with van der Waals surface area (Å²) in [5.41, 5.74) is 8.86. The van der Waals surface area contributed by atoms with Crippen LogP contribution in [-0.2, 0) is 26.5 Å². The summed E-state index contributed by atoms with van der Waals surface area (Å²) in [5.74, 6) is 1.47. The Labute approximate surface area is 125 Å². The second kappa shape index (κ2) is 7.13. The maximum Gasteiger partial charge on any atom is 0.162 e. The van der Waals surface area contributed by atoms with Gasteiger partial charge in [-0.1, -0.05) is 13.0 Å². The monoisotopic (exact) mass is 289 g/mol. The van der Waals surface area contributed by atoms with Crippen molar-refractivity contribution in [3.8, 4) is 11.5 Å². The molecule has 0 aliphatic heterocycles. The van der Waals surface area contributed by atoms with Gasteiger partial charge in [0.2, 0.25) is 0 Å². The molecule has 2 rings (SSSR count). The van der Waals surface area contributed by atoms with Gasteiger partial charge >= 0.3 is 0 Å². The Morgan fingerprint density at radius 1 is 1.24 bits per heavy atom. The zero-order chi connectivity index (χ0) is 15.2. The van der Waals surface area contributed by atoms with Crippen LogP contribution in [0, 0.1) is 0 Å². The van der Waals surface area contributed by atoms with Crippen LogP contribution >= 0.6 is 0 Å². The van der Waals surface area contributed by atoms with E-state index in [2.05, 4.69) is 18.1 Å². The first kappa shape index (κ1) is 15.4. The summed E-state index contributed by atoms with van der Waals surface area (Å²) in [5, 5.41) is 4.42. The molecule has 0 saturated heterocycles. The zero-order valence-corrected chi connectivity index (χ0v) is 12.9. The predicted molar refractivity (Wildman–Crippen MR) is 82.7 cm³/mol. The average molecular weight is 289 g/mol. The van der Waals surface area contributed by atoms with E-state index < -0.39 is 0 Å². The number of rotatable bonds is 7. The first-order valence-electron chi connectivity index (χ1n) is 7.19. The van der Waals surface area contributed by atoms with Crippen LogP contribution in [0.5, 0.6) is 11.5 Å². The van der Waals surface area contributed by atoms with Gasteiger partial charge in [0.15, 0.2) is 11.5 Å². The van der Waals surface area contributed by atoms with Gasteiger partial charge in [-0.2, -0.15) is 5.10 Å². The summed E-state index contributed by atoms with van der Waals surface area (Å²) in [7, 11) is 3.57. The topological polar surface area (TPSA) is 62.3 Å². The van der Waals surface area contributed by atoms with Crippen LogP contribution in [0.4, 0.5) is 0 Å². The van der Waals surface area contributed by atoms with Gasteiger partial charge < -0.3 is 15.2 Å². The Balaban J connectivity index is 2.13. The molecule has 0 fully saturated rings. The first-order valence-corrected chi connectivity index (χ1v) is 7.19. The molecule has 0 spiro atoms. The lowest BCUT2D eigenvalue weighted by Crippen LogP contribution is -2.05. The summed E-state index contributed by atoms with van der Waals surface area (Å²) in [6, 6.07) is 7.98. The Morgan fingerprint density at radius 2 is 2.05 bits per heavy atom. The molecule has 1 aromatic carbocycles. The molecule has 0 radical (unpaired) electrons. The summed E-state index contributed by atoms with van der Waals surface area (Å²) in [6.45, 7) is 3.17. The van der Waals surface area contributed by atoms with Crippen LogP contribution in [-0.4, -0.2) is 23.4 Å². The Morgan fingerprint density at radius 3 is 2.67 bits per heavy atom. The van der Waals surface area contributed by atoms with Crippen molar-refractivity contribution < 1.29 is 9.47 Å². The normalized spacial score (nSPS) is 10.7. The van der Waals surface area contributed by atoms with E-state index in [0.717, 1.165) is 41.3 Å². The van der Waals surface area contributed by atoms with Crippen LogP contribution in [0.1, 0.15) is 23.9 Å². The maximum atomic E-state index is 5.91. The highest BCUT2D eigenvalue weighted by molar-refractivity contribution is 5.43. The maximum absolute atomic E-state index is 5.91. The van der Waals surface area contributed by atoms with Gasteiger partial charge in [0.05, 0.1) is 18.5 Å². The van der Waals surface area contributed by atoms with Gasteiger partial charge in [0, 0.05) is 7.05 Å². The van der Waals surface area contributed by atoms with E-state index in [-0.39, 0.29) is 0 Å². The Bertz CT molecular complexity index is 593. The smallest absolute Gasteiger partial charge is 0.162 e. The van der Waals surface area contributed by atoms with Crippen LogP contribution in [0.3, 0.4) is 0 Å². The fraction of sp³-hybridized carbons (Fsp3) is 0.438. The second-order valence-corrected chi connectivity index (χ2v) is 4.92. The molecule has 5 heteroatoms. The summed E-state index contributed by atoms with van der Waals surface area (Å²) >= 11 is 0. The zero-order valence-electron chi connectivity index (χ0n) is 12.9. The molecule has 1 aromatic heterocycles. The van der Waals surface area contributed by atoms with E-state index in [0.29, 0.717) is 13.2 Å². The lowest BCUT2D eigenvalue weighted by Gasteiger charge is -2.12. The molecule has 5 nitrogen and oxygen atoms in total. The quantitative estimate of drug-likeness (QED) is 0.847. The average Bonchev–Trinajstić information content (AvgIpc) is 2.86. The van der Waals surface area contributed by atoms with E-state index in [1.54, 1.807) is 7.11 Å². The number of nitrogens with two attached hydrogens (primary N) is 1. The highest BCUT2D eigenvalue weighted by atomic mass is 16.5. The molecular formula is C16H23N3O2. The minimum atomic E-state index is 0.464. The number of nitrogens with zero attached hydrogens (tertiary/aromatic N) is 2. The number of methoxy groups -OCH3 is 1. The molecule has 0 amide bonds. The van der Waals surface area contributed by atoms with Crippen molar-refractivity contribution in [1.29, 1.82) is 0 Å². The molecule has 0 aliphatic rings.